The minimum absolute atomic E-state index is 0.0577. The van der Waals surface area contributed by atoms with E-state index in [4.69, 9.17) is 4.42 Å². The van der Waals surface area contributed by atoms with Gasteiger partial charge in [-0.2, -0.15) is 0 Å². The van der Waals surface area contributed by atoms with Crippen molar-refractivity contribution in [2.24, 2.45) is 0 Å². The fourth-order valence-electron chi connectivity index (χ4n) is 2.16. The number of aryl methyl sites for hydroxylation is 1. The SMILES string of the molecule is Cc1oc(-c2ccccc2F)nc1C[S@](=O)CC(=O)NC1CC1. The molecule has 0 saturated heterocycles. The molecule has 0 spiro atoms. The van der Waals surface area contributed by atoms with E-state index in [0.717, 1.165) is 12.8 Å². The number of carbonyl (C=O) groups excluding carboxylic acids is 1. The van der Waals surface area contributed by atoms with Crippen molar-refractivity contribution in [2.75, 3.05) is 5.75 Å². The highest BCUT2D eigenvalue weighted by Crippen LogP contribution is 2.25. The molecule has 1 saturated carbocycles. The number of nitrogens with one attached hydrogen (secondary N) is 1. The van der Waals surface area contributed by atoms with Crippen molar-refractivity contribution in [2.45, 2.75) is 31.6 Å². The molecule has 5 nitrogen and oxygen atoms in total. The maximum absolute atomic E-state index is 13.8. The molecule has 0 unspecified atom stereocenters. The third kappa shape index (κ3) is 4.04. The molecule has 1 atom stereocenters. The lowest BCUT2D eigenvalue weighted by Gasteiger charge is -2.02. The zero-order valence-corrected chi connectivity index (χ0v) is 13.5. The summed E-state index contributed by atoms with van der Waals surface area (Å²) >= 11 is 0. The maximum Gasteiger partial charge on any atom is 0.232 e. The lowest BCUT2D eigenvalue weighted by molar-refractivity contribution is -0.118. The van der Waals surface area contributed by atoms with Crippen LogP contribution in [0.4, 0.5) is 4.39 Å². The Balaban J connectivity index is 1.67. The molecule has 1 N–H and O–H groups in total. The average Bonchev–Trinajstić information content (AvgIpc) is 3.22. The van der Waals surface area contributed by atoms with Crippen LogP contribution >= 0.6 is 0 Å². The summed E-state index contributed by atoms with van der Waals surface area (Å²) in [6.45, 7) is 1.69. The molecule has 1 heterocycles. The number of oxazole rings is 1. The van der Waals surface area contributed by atoms with E-state index in [1.165, 1.54) is 6.07 Å². The van der Waals surface area contributed by atoms with E-state index in [2.05, 4.69) is 10.3 Å². The Morgan fingerprint density at radius 1 is 1.43 bits per heavy atom. The highest BCUT2D eigenvalue weighted by Gasteiger charge is 2.24. The average molecular weight is 336 g/mol. The predicted octanol–water partition coefficient (Wildman–Crippen LogP) is 2.32. The molecule has 1 aliphatic carbocycles. The van der Waals surface area contributed by atoms with Crippen molar-refractivity contribution in [3.8, 4) is 11.5 Å². The van der Waals surface area contributed by atoms with Crippen LogP contribution in [0.2, 0.25) is 0 Å². The fraction of sp³-hybridized carbons (Fsp3) is 0.375. The molecule has 0 bridgehead atoms. The van der Waals surface area contributed by atoms with Gasteiger partial charge < -0.3 is 9.73 Å². The molecule has 23 heavy (non-hydrogen) atoms. The van der Waals surface area contributed by atoms with Gasteiger partial charge in [-0.3, -0.25) is 9.00 Å². The molecule has 1 aliphatic rings. The summed E-state index contributed by atoms with van der Waals surface area (Å²) in [5.41, 5.74) is 0.750. The molecule has 0 aliphatic heterocycles. The smallest absolute Gasteiger partial charge is 0.232 e. The Morgan fingerprint density at radius 2 is 2.17 bits per heavy atom. The molecule has 1 fully saturated rings. The van der Waals surface area contributed by atoms with Crippen LogP contribution in [-0.4, -0.2) is 26.9 Å². The number of hydrogen-bond donors (Lipinski definition) is 1. The van der Waals surface area contributed by atoms with Crippen LogP contribution in [0.3, 0.4) is 0 Å². The zero-order valence-electron chi connectivity index (χ0n) is 12.7. The van der Waals surface area contributed by atoms with Gasteiger partial charge >= 0.3 is 0 Å². The summed E-state index contributed by atoms with van der Waals surface area (Å²) in [5, 5.41) is 2.80. The van der Waals surface area contributed by atoms with E-state index < -0.39 is 16.6 Å². The quantitative estimate of drug-likeness (QED) is 0.879. The van der Waals surface area contributed by atoms with E-state index in [9.17, 15) is 13.4 Å². The summed E-state index contributed by atoms with van der Waals surface area (Å²) in [7, 11) is -1.38. The first-order chi connectivity index (χ1) is 11.0. The fourth-order valence-corrected chi connectivity index (χ4v) is 3.21. The number of amides is 1. The van der Waals surface area contributed by atoms with E-state index >= 15 is 0 Å². The number of benzene rings is 1. The number of aromatic nitrogens is 1. The monoisotopic (exact) mass is 336 g/mol. The number of carbonyl (C=O) groups is 1. The molecule has 0 radical (unpaired) electrons. The van der Waals surface area contributed by atoms with E-state index in [1.54, 1.807) is 25.1 Å². The number of nitrogens with zero attached hydrogens (tertiary/aromatic N) is 1. The van der Waals surface area contributed by atoms with Crippen molar-refractivity contribution in [3.63, 3.8) is 0 Å². The van der Waals surface area contributed by atoms with E-state index in [-0.39, 0.29) is 34.9 Å². The lowest BCUT2D eigenvalue weighted by atomic mass is 10.2. The third-order valence-corrected chi connectivity index (χ3v) is 4.71. The number of rotatable bonds is 6. The molecule has 3 rings (SSSR count). The maximum atomic E-state index is 13.8. The summed E-state index contributed by atoms with van der Waals surface area (Å²) in [6, 6.07) is 6.43. The van der Waals surface area contributed by atoms with Gasteiger partial charge in [0.2, 0.25) is 11.8 Å². The molecule has 1 aromatic carbocycles. The van der Waals surface area contributed by atoms with Crippen LogP contribution in [0.5, 0.6) is 0 Å². The van der Waals surface area contributed by atoms with Gasteiger partial charge in [-0.1, -0.05) is 12.1 Å². The van der Waals surface area contributed by atoms with Gasteiger partial charge in [0.25, 0.3) is 0 Å². The van der Waals surface area contributed by atoms with Crippen molar-refractivity contribution in [1.29, 1.82) is 0 Å². The predicted molar refractivity (Wildman–Crippen MR) is 84.5 cm³/mol. The second-order valence-corrected chi connectivity index (χ2v) is 7.03. The molecule has 122 valence electrons. The molecular formula is C16H17FN2O3S. The Kier molecular flexibility index (Phi) is 4.56. The summed E-state index contributed by atoms with van der Waals surface area (Å²) in [4.78, 5) is 15.9. The third-order valence-electron chi connectivity index (χ3n) is 3.53. The minimum atomic E-state index is -1.38. The standard InChI is InChI=1S/C16H17FN2O3S/c1-10-14(8-23(21)9-15(20)18-11-6-7-11)19-16(22-10)12-4-2-3-5-13(12)17/h2-5,11H,6-9H2,1H3,(H,18,20)/t23-/m0/s1. The Hall–Kier alpha value is -2.02. The van der Waals surface area contributed by atoms with E-state index in [0.29, 0.717) is 11.5 Å². The summed E-state index contributed by atoms with van der Waals surface area (Å²) in [6.07, 6.45) is 1.99. The van der Waals surface area contributed by atoms with Crippen LogP contribution in [0, 0.1) is 12.7 Å². The van der Waals surface area contributed by atoms with Gasteiger partial charge in [0.1, 0.15) is 17.3 Å². The first kappa shape index (κ1) is 15.9. The number of hydrogen-bond acceptors (Lipinski definition) is 4. The highest BCUT2D eigenvalue weighted by molar-refractivity contribution is 7.84. The first-order valence-electron chi connectivity index (χ1n) is 7.38. The molecule has 1 amide bonds. The molecule has 7 heteroatoms. The molecule has 2 aromatic rings. The van der Waals surface area contributed by atoms with Crippen molar-refractivity contribution in [3.05, 3.63) is 41.5 Å². The van der Waals surface area contributed by atoms with Crippen LogP contribution < -0.4 is 5.32 Å². The Morgan fingerprint density at radius 3 is 2.87 bits per heavy atom. The minimum Gasteiger partial charge on any atom is -0.441 e. The Bertz CT molecular complexity index is 756. The normalized spacial score (nSPS) is 15.4. The highest BCUT2D eigenvalue weighted by atomic mass is 32.2. The van der Waals surface area contributed by atoms with E-state index in [1.807, 2.05) is 0 Å². The van der Waals surface area contributed by atoms with Gasteiger partial charge in [-0.15, -0.1) is 0 Å². The van der Waals surface area contributed by atoms with Crippen molar-refractivity contribution >= 4 is 16.7 Å². The topological polar surface area (TPSA) is 72.2 Å². The number of halogens is 1. The van der Waals surface area contributed by atoms with Crippen molar-refractivity contribution < 1.29 is 17.8 Å². The van der Waals surface area contributed by atoms with Crippen LogP contribution in [0.1, 0.15) is 24.3 Å². The second kappa shape index (κ2) is 6.62. The lowest BCUT2D eigenvalue weighted by Crippen LogP contribution is -2.30. The Labute approximate surface area is 135 Å². The van der Waals surface area contributed by atoms with Crippen LogP contribution in [0.15, 0.2) is 28.7 Å². The van der Waals surface area contributed by atoms with Gasteiger partial charge in [-0.05, 0) is 31.9 Å². The molecule has 1 aromatic heterocycles. The van der Waals surface area contributed by atoms with Gasteiger partial charge in [-0.25, -0.2) is 9.37 Å². The van der Waals surface area contributed by atoms with Crippen molar-refractivity contribution in [1.82, 2.24) is 10.3 Å². The van der Waals surface area contributed by atoms with Gasteiger partial charge in [0, 0.05) is 16.8 Å². The summed E-state index contributed by atoms with van der Waals surface area (Å²) < 4.78 is 31.3. The van der Waals surface area contributed by atoms with Crippen LogP contribution in [0.25, 0.3) is 11.5 Å². The second-order valence-electron chi connectivity index (χ2n) is 5.57. The van der Waals surface area contributed by atoms with Gasteiger partial charge in [0.05, 0.1) is 17.0 Å². The van der Waals surface area contributed by atoms with Crippen LogP contribution in [-0.2, 0) is 21.3 Å². The largest absolute Gasteiger partial charge is 0.441 e. The molecular weight excluding hydrogens is 319 g/mol. The summed E-state index contributed by atoms with van der Waals surface area (Å²) in [5.74, 6) is 0.0699. The zero-order chi connectivity index (χ0) is 16.4. The first-order valence-corrected chi connectivity index (χ1v) is 8.87. The van der Waals surface area contributed by atoms with Gasteiger partial charge in [0.15, 0.2) is 0 Å².